The van der Waals surface area contributed by atoms with Gasteiger partial charge < -0.3 is 14.3 Å². The normalized spacial score (nSPS) is 20.9. The van der Waals surface area contributed by atoms with Crippen LogP contribution in [0.2, 0.25) is 0 Å². The molecule has 0 bridgehead atoms. The highest BCUT2D eigenvalue weighted by Crippen LogP contribution is 2.49. The number of hydrogen-bond donors (Lipinski definition) is 1. The van der Waals surface area contributed by atoms with Crippen LogP contribution in [0.4, 0.5) is 0 Å². The van der Waals surface area contributed by atoms with Gasteiger partial charge in [-0.15, -0.1) is 0 Å². The van der Waals surface area contributed by atoms with Crippen LogP contribution in [-0.2, 0) is 5.41 Å². The van der Waals surface area contributed by atoms with E-state index in [1.165, 1.54) is 12.5 Å². The fraction of sp³-hybridized carbons (Fsp3) is 0.462. The van der Waals surface area contributed by atoms with Crippen LogP contribution in [0.3, 0.4) is 0 Å². The Bertz CT molecular complexity index is 521. The van der Waals surface area contributed by atoms with Crippen LogP contribution in [0.25, 0.3) is 0 Å². The van der Waals surface area contributed by atoms with Gasteiger partial charge >= 0.3 is 5.63 Å². The molecule has 1 fully saturated rings. The Morgan fingerprint density at radius 2 is 2.00 bits per heavy atom. The lowest BCUT2D eigenvalue weighted by molar-refractivity contribution is 0.255. The van der Waals surface area contributed by atoms with Crippen LogP contribution in [-0.4, -0.2) is 5.11 Å². The molecule has 0 amide bonds. The molecule has 2 heterocycles. The van der Waals surface area contributed by atoms with Crippen LogP contribution in [0.5, 0.6) is 11.7 Å². The Hall–Kier alpha value is -1.71. The summed E-state index contributed by atoms with van der Waals surface area (Å²) in [5, 5.41) is 9.87. The van der Waals surface area contributed by atoms with Crippen molar-refractivity contribution in [3.63, 3.8) is 0 Å². The third-order valence-electron chi connectivity index (χ3n) is 3.73. The fourth-order valence-corrected chi connectivity index (χ4v) is 2.93. The van der Waals surface area contributed by atoms with Crippen LogP contribution in [0.15, 0.2) is 27.6 Å². The van der Waals surface area contributed by atoms with Crippen LogP contribution < -0.4 is 10.4 Å². The van der Waals surface area contributed by atoms with Crippen molar-refractivity contribution in [1.29, 1.82) is 0 Å². The molecule has 1 aromatic heterocycles. The van der Waals surface area contributed by atoms with E-state index in [1.54, 1.807) is 6.26 Å². The number of rotatable bonds is 0. The van der Waals surface area contributed by atoms with Gasteiger partial charge in [0.25, 0.3) is 5.95 Å². The van der Waals surface area contributed by atoms with E-state index in [0.29, 0.717) is 11.3 Å². The quantitative estimate of drug-likeness (QED) is 0.749. The van der Waals surface area contributed by atoms with Gasteiger partial charge in [0, 0.05) is 5.41 Å². The second-order valence-corrected chi connectivity index (χ2v) is 4.75. The summed E-state index contributed by atoms with van der Waals surface area (Å²) in [6.45, 7) is 0. The average molecular weight is 234 g/mol. The van der Waals surface area contributed by atoms with Crippen molar-refractivity contribution in [2.75, 3.05) is 0 Å². The Labute approximate surface area is 98.5 Å². The SMILES string of the molecule is O=c1cc2c(c(O)o1)C1(C=CO2)CCCCC1. The second-order valence-electron chi connectivity index (χ2n) is 4.75. The van der Waals surface area contributed by atoms with Gasteiger partial charge in [0.1, 0.15) is 5.75 Å². The molecule has 3 rings (SSSR count). The smallest absolute Gasteiger partial charge is 0.342 e. The molecule has 0 saturated heterocycles. The zero-order chi connectivity index (χ0) is 11.9. The molecule has 0 aromatic carbocycles. The third kappa shape index (κ3) is 1.55. The topological polar surface area (TPSA) is 59.7 Å². The fourth-order valence-electron chi connectivity index (χ4n) is 2.93. The summed E-state index contributed by atoms with van der Waals surface area (Å²) >= 11 is 0. The Morgan fingerprint density at radius 3 is 2.76 bits per heavy atom. The van der Waals surface area contributed by atoms with E-state index in [9.17, 15) is 9.90 Å². The summed E-state index contributed by atoms with van der Waals surface area (Å²) in [5.41, 5.74) is -0.158. The van der Waals surface area contributed by atoms with Gasteiger partial charge in [-0.2, -0.15) is 0 Å². The zero-order valence-corrected chi connectivity index (χ0v) is 9.44. The lowest BCUT2D eigenvalue weighted by atomic mass is 9.69. The molecule has 0 unspecified atom stereocenters. The van der Waals surface area contributed by atoms with Crippen molar-refractivity contribution in [1.82, 2.24) is 0 Å². The first-order valence-corrected chi connectivity index (χ1v) is 5.93. The van der Waals surface area contributed by atoms with E-state index in [4.69, 9.17) is 9.15 Å². The summed E-state index contributed by atoms with van der Waals surface area (Å²) in [6.07, 6.45) is 8.96. The van der Waals surface area contributed by atoms with Crippen molar-refractivity contribution >= 4 is 0 Å². The largest absolute Gasteiger partial charge is 0.480 e. The first-order chi connectivity index (χ1) is 8.21. The highest BCUT2D eigenvalue weighted by atomic mass is 16.5. The van der Waals surface area contributed by atoms with Crippen molar-refractivity contribution in [2.45, 2.75) is 37.5 Å². The maximum absolute atomic E-state index is 11.2. The van der Waals surface area contributed by atoms with Crippen molar-refractivity contribution in [3.8, 4) is 11.7 Å². The third-order valence-corrected chi connectivity index (χ3v) is 3.73. The minimum absolute atomic E-state index is 0.215. The van der Waals surface area contributed by atoms with E-state index in [-0.39, 0.29) is 11.4 Å². The Kier molecular flexibility index (Phi) is 2.24. The summed E-state index contributed by atoms with van der Waals surface area (Å²) in [5.74, 6) is 0.141. The number of fused-ring (bicyclic) bond motifs is 2. The van der Waals surface area contributed by atoms with Crippen molar-refractivity contribution < 1.29 is 14.3 Å². The lowest BCUT2D eigenvalue weighted by Crippen LogP contribution is -2.30. The van der Waals surface area contributed by atoms with Crippen molar-refractivity contribution in [3.05, 3.63) is 34.4 Å². The van der Waals surface area contributed by atoms with E-state index >= 15 is 0 Å². The molecule has 0 atom stereocenters. The molecule has 1 aliphatic heterocycles. The van der Waals surface area contributed by atoms with Gasteiger partial charge in [-0.25, -0.2) is 4.79 Å². The second kappa shape index (κ2) is 3.65. The van der Waals surface area contributed by atoms with Crippen LogP contribution in [0, 0.1) is 0 Å². The molecule has 0 radical (unpaired) electrons. The minimum Gasteiger partial charge on any atom is -0.480 e. The zero-order valence-electron chi connectivity index (χ0n) is 9.44. The summed E-state index contributed by atoms with van der Waals surface area (Å²) < 4.78 is 10.1. The van der Waals surface area contributed by atoms with E-state index in [1.807, 2.05) is 6.08 Å². The molecular weight excluding hydrogens is 220 g/mol. The van der Waals surface area contributed by atoms with Crippen LogP contribution >= 0.6 is 0 Å². The monoisotopic (exact) mass is 234 g/mol. The van der Waals surface area contributed by atoms with Crippen LogP contribution in [0.1, 0.15) is 37.7 Å². The van der Waals surface area contributed by atoms with Gasteiger partial charge in [-0.1, -0.05) is 19.3 Å². The predicted octanol–water partition coefficient (Wildman–Crippen LogP) is 2.45. The maximum atomic E-state index is 11.2. The summed E-state index contributed by atoms with van der Waals surface area (Å²) in [4.78, 5) is 11.2. The molecule has 2 aliphatic rings. The molecular formula is C13H14O4. The summed E-state index contributed by atoms with van der Waals surface area (Å²) in [6, 6.07) is 1.30. The lowest BCUT2D eigenvalue weighted by Gasteiger charge is -2.37. The molecule has 1 saturated carbocycles. The summed E-state index contributed by atoms with van der Waals surface area (Å²) in [7, 11) is 0. The van der Waals surface area contributed by atoms with Gasteiger partial charge in [0.15, 0.2) is 0 Å². The van der Waals surface area contributed by atoms with Gasteiger partial charge in [0.2, 0.25) is 0 Å². The Morgan fingerprint density at radius 1 is 1.24 bits per heavy atom. The maximum Gasteiger partial charge on any atom is 0.342 e. The molecule has 1 aliphatic carbocycles. The highest BCUT2D eigenvalue weighted by Gasteiger charge is 2.39. The number of aromatic hydroxyl groups is 1. The van der Waals surface area contributed by atoms with Gasteiger partial charge in [0.05, 0.1) is 17.9 Å². The predicted molar refractivity (Wildman–Crippen MR) is 61.2 cm³/mol. The molecule has 4 nitrogen and oxygen atoms in total. The van der Waals surface area contributed by atoms with Gasteiger partial charge in [-0.3, -0.25) is 0 Å². The standard InChI is InChI=1S/C13H14O4/c14-10-8-9-11(12(15)17-10)13(6-7-16-9)4-2-1-3-5-13/h6-8,15H,1-5H2. The average Bonchev–Trinajstić information content (AvgIpc) is 2.29. The van der Waals surface area contributed by atoms with Crippen molar-refractivity contribution in [2.24, 2.45) is 0 Å². The molecule has 1 aromatic rings. The number of ether oxygens (including phenoxy) is 1. The highest BCUT2D eigenvalue weighted by molar-refractivity contribution is 5.49. The molecule has 1 N–H and O–H groups in total. The number of allylic oxidation sites excluding steroid dienone is 1. The minimum atomic E-state index is -0.581. The molecule has 1 spiro atoms. The van der Waals surface area contributed by atoms with E-state index in [0.717, 1.165) is 25.7 Å². The Balaban J connectivity index is 2.19. The molecule has 17 heavy (non-hydrogen) atoms. The molecule has 4 heteroatoms. The first-order valence-electron chi connectivity index (χ1n) is 5.93. The van der Waals surface area contributed by atoms with E-state index in [2.05, 4.69) is 0 Å². The van der Waals surface area contributed by atoms with E-state index < -0.39 is 5.63 Å². The molecule has 90 valence electrons. The number of hydrogen-bond acceptors (Lipinski definition) is 4. The first kappa shape index (κ1) is 10.4. The van der Waals surface area contributed by atoms with Gasteiger partial charge in [-0.05, 0) is 18.9 Å².